The van der Waals surface area contributed by atoms with Crippen LogP contribution in [0.3, 0.4) is 0 Å². The third kappa shape index (κ3) is 2.08. The standard InChI is InChI=1S/C11H17N/c1-4-6-10(5-2)11-7-8-12(3)9-11/h4-6,11H,1-2,7-9H2,3H3/b10-6+. The normalized spacial score (nSPS) is 25.8. The topological polar surface area (TPSA) is 3.24 Å². The summed E-state index contributed by atoms with van der Waals surface area (Å²) in [6.45, 7) is 9.88. The second kappa shape index (κ2) is 4.27. The molecule has 0 aromatic carbocycles. The van der Waals surface area contributed by atoms with E-state index in [-0.39, 0.29) is 0 Å². The molecule has 1 rings (SSSR count). The Kier molecular flexibility index (Phi) is 3.30. The van der Waals surface area contributed by atoms with Crippen molar-refractivity contribution in [1.29, 1.82) is 0 Å². The van der Waals surface area contributed by atoms with Crippen LogP contribution >= 0.6 is 0 Å². The van der Waals surface area contributed by atoms with Crippen molar-refractivity contribution in [3.63, 3.8) is 0 Å². The number of nitrogens with zero attached hydrogens (tertiary/aromatic N) is 1. The Balaban J connectivity index is 2.61. The lowest BCUT2D eigenvalue weighted by Crippen LogP contribution is -2.14. The van der Waals surface area contributed by atoms with Gasteiger partial charge in [-0.05, 0) is 31.5 Å². The molecule has 12 heavy (non-hydrogen) atoms. The van der Waals surface area contributed by atoms with Crippen molar-refractivity contribution in [2.75, 3.05) is 20.1 Å². The van der Waals surface area contributed by atoms with Crippen molar-refractivity contribution in [2.45, 2.75) is 6.42 Å². The minimum absolute atomic E-state index is 0.672. The molecule has 0 saturated carbocycles. The van der Waals surface area contributed by atoms with Crippen molar-refractivity contribution in [1.82, 2.24) is 4.90 Å². The van der Waals surface area contributed by atoms with Gasteiger partial charge in [0.25, 0.3) is 0 Å². The number of hydrogen-bond donors (Lipinski definition) is 0. The van der Waals surface area contributed by atoms with Crippen molar-refractivity contribution >= 4 is 0 Å². The van der Waals surface area contributed by atoms with Crippen molar-refractivity contribution < 1.29 is 0 Å². The van der Waals surface area contributed by atoms with E-state index in [1.165, 1.54) is 18.5 Å². The number of allylic oxidation sites excluding steroid dienone is 3. The van der Waals surface area contributed by atoms with Gasteiger partial charge in [-0.2, -0.15) is 0 Å². The molecular weight excluding hydrogens is 146 g/mol. The fourth-order valence-electron chi connectivity index (χ4n) is 1.71. The van der Waals surface area contributed by atoms with Gasteiger partial charge in [0.05, 0.1) is 0 Å². The lowest BCUT2D eigenvalue weighted by atomic mass is 9.98. The quantitative estimate of drug-likeness (QED) is 0.577. The minimum atomic E-state index is 0.672. The van der Waals surface area contributed by atoms with E-state index in [1.807, 2.05) is 12.2 Å². The van der Waals surface area contributed by atoms with Crippen molar-refractivity contribution in [3.05, 3.63) is 37.0 Å². The number of hydrogen-bond acceptors (Lipinski definition) is 1. The van der Waals surface area contributed by atoms with Gasteiger partial charge in [0.2, 0.25) is 0 Å². The number of rotatable bonds is 3. The molecule has 0 radical (unpaired) electrons. The fourth-order valence-corrected chi connectivity index (χ4v) is 1.71. The molecule has 1 saturated heterocycles. The molecule has 1 aliphatic heterocycles. The van der Waals surface area contributed by atoms with Gasteiger partial charge >= 0.3 is 0 Å². The smallest absolute Gasteiger partial charge is 0.00477 e. The summed E-state index contributed by atoms with van der Waals surface area (Å²) in [6.07, 6.45) is 7.11. The van der Waals surface area contributed by atoms with Crippen LogP contribution in [0.5, 0.6) is 0 Å². The highest BCUT2D eigenvalue weighted by Crippen LogP contribution is 2.23. The van der Waals surface area contributed by atoms with Crippen LogP contribution < -0.4 is 0 Å². The van der Waals surface area contributed by atoms with E-state index in [2.05, 4.69) is 31.2 Å². The average molecular weight is 163 g/mol. The Hall–Kier alpha value is -0.820. The van der Waals surface area contributed by atoms with Gasteiger partial charge < -0.3 is 4.90 Å². The van der Waals surface area contributed by atoms with E-state index in [1.54, 1.807) is 0 Å². The molecule has 0 spiro atoms. The van der Waals surface area contributed by atoms with Crippen LogP contribution in [0.2, 0.25) is 0 Å². The van der Waals surface area contributed by atoms with Crippen LogP contribution in [-0.2, 0) is 0 Å². The molecule has 1 unspecified atom stereocenters. The second-order valence-electron chi connectivity index (χ2n) is 3.35. The van der Waals surface area contributed by atoms with Gasteiger partial charge in [0, 0.05) is 6.54 Å². The Morgan fingerprint density at radius 2 is 2.25 bits per heavy atom. The molecular formula is C11H17N. The molecule has 0 aromatic rings. The molecule has 0 aliphatic carbocycles. The molecule has 0 aromatic heterocycles. The SMILES string of the molecule is C=C/C=C(\C=C)C1CCN(C)C1. The van der Waals surface area contributed by atoms with E-state index >= 15 is 0 Å². The highest BCUT2D eigenvalue weighted by atomic mass is 15.1. The number of likely N-dealkylation sites (tertiary alicyclic amines) is 1. The second-order valence-corrected chi connectivity index (χ2v) is 3.35. The van der Waals surface area contributed by atoms with E-state index in [0.29, 0.717) is 5.92 Å². The zero-order valence-corrected chi connectivity index (χ0v) is 7.79. The minimum Gasteiger partial charge on any atom is -0.306 e. The maximum atomic E-state index is 3.81. The Morgan fingerprint density at radius 3 is 2.67 bits per heavy atom. The summed E-state index contributed by atoms with van der Waals surface area (Å²) in [7, 11) is 2.16. The van der Waals surface area contributed by atoms with E-state index < -0.39 is 0 Å². The maximum absolute atomic E-state index is 3.81. The first-order valence-corrected chi connectivity index (χ1v) is 4.41. The molecule has 1 heteroatoms. The molecule has 0 amide bonds. The molecule has 0 N–H and O–H groups in total. The van der Waals surface area contributed by atoms with Gasteiger partial charge in [0.15, 0.2) is 0 Å². The van der Waals surface area contributed by atoms with Crippen molar-refractivity contribution in [3.8, 4) is 0 Å². The predicted octanol–water partition coefficient (Wildman–Crippen LogP) is 2.24. The summed E-state index contributed by atoms with van der Waals surface area (Å²) < 4.78 is 0. The van der Waals surface area contributed by atoms with E-state index in [0.717, 1.165) is 6.54 Å². The maximum Gasteiger partial charge on any atom is 0.00477 e. The molecule has 1 nitrogen and oxygen atoms in total. The van der Waals surface area contributed by atoms with Crippen LogP contribution in [-0.4, -0.2) is 25.0 Å². The summed E-state index contributed by atoms with van der Waals surface area (Å²) in [5, 5.41) is 0. The molecule has 1 fully saturated rings. The molecule has 66 valence electrons. The first-order chi connectivity index (χ1) is 5.77. The van der Waals surface area contributed by atoms with Gasteiger partial charge in [0.1, 0.15) is 0 Å². The lowest BCUT2D eigenvalue weighted by molar-refractivity contribution is 0.406. The van der Waals surface area contributed by atoms with Gasteiger partial charge in [-0.3, -0.25) is 0 Å². The van der Waals surface area contributed by atoms with Gasteiger partial charge in [-0.15, -0.1) is 0 Å². The third-order valence-corrected chi connectivity index (χ3v) is 2.41. The molecule has 1 heterocycles. The van der Waals surface area contributed by atoms with Crippen LogP contribution in [0.4, 0.5) is 0 Å². The predicted molar refractivity (Wildman–Crippen MR) is 54.1 cm³/mol. The first-order valence-electron chi connectivity index (χ1n) is 4.41. The van der Waals surface area contributed by atoms with Crippen molar-refractivity contribution in [2.24, 2.45) is 5.92 Å². The van der Waals surface area contributed by atoms with E-state index in [4.69, 9.17) is 0 Å². The third-order valence-electron chi connectivity index (χ3n) is 2.41. The monoisotopic (exact) mass is 163 g/mol. The Labute approximate surface area is 75.1 Å². The van der Waals surface area contributed by atoms with E-state index in [9.17, 15) is 0 Å². The highest BCUT2D eigenvalue weighted by Gasteiger charge is 2.20. The summed E-state index contributed by atoms with van der Waals surface area (Å²) in [5.41, 5.74) is 1.33. The molecule has 0 bridgehead atoms. The summed E-state index contributed by atoms with van der Waals surface area (Å²) in [4.78, 5) is 2.35. The van der Waals surface area contributed by atoms with Gasteiger partial charge in [-0.1, -0.05) is 31.4 Å². The summed E-state index contributed by atoms with van der Waals surface area (Å²) in [5.74, 6) is 0.672. The van der Waals surface area contributed by atoms with Crippen LogP contribution in [0.1, 0.15) is 6.42 Å². The Bertz CT molecular complexity index is 203. The largest absolute Gasteiger partial charge is 0.306 e. The highest BCUT2D eigenvalue weighted by molar-refractivity contribution is 5.25. The zero-order chi connectivity index (χ0) is 8.97. The molecule has 1 atom stereocenters. The van der Waals surface area contributed by atoms with Gasteiger partial charge in [-0.25, -0.2) is 0 Å². The van der Waals surface area contributed by atoms with Crippen LogP contribution in [0.15, 0.2) is 37.0 Å². The van der Waals surface area contributed by atoms with Crippen LogP contribution in [0.25, 0.3) is 0 Å². The fraction of sp³-hybridized carbons (Fsp3) is 0.455. The summed E-state index contributed by atoms with van der Waals surface area (Å²) >= 11 is 0. The lowest BCUT2D eigenvalue weighted by Gasteiger charge is -2.10. The summed E-state index contributed by atoms with van der Waals surface area (Å²) in [6, 6.07) is 0. The molecule has 1 aliphatic rings. The van der Waals surface area contributed by atoms with Crippen LogP contribution in [0, 0.1) is 5.92 Å². The Morgan fingerprint density at radius 1 is 1.50 bits per heavy atom. The zero-order valence-electron chi connectivity index (χ0n) is 7.79. The average Bonchev–Trinajstić information content (AvgIpc) is 2.47. The first kappa shape index (κ1) is 9.27.